The summed E-state index contributed by atoms with van der Waals surface area (Å²) in [6.45, 7) is 4.33. The van der Waals surface area contributed by atoms with Crippen molar-refractivity contribution in [3.05, 3.63) is 53.6 Å². The Morgan fingerprint density at radius 2 is 1.92 bits per heavy atom. The van der Waals surface area contributed by atoms with Gasteiger partial charge in [0.2, 0.25) is 11.8 Å². The van der Waals surface area contributed by atoms with Gasteiger partial charge in [0.1, 0.15) is 0 Å². The maximum atomic E-state index is 12.1. The van der Waals surface area contributed by atoms with Crippen molar-refractivity contribution in [3.8, 4) is 0 Å². The Hall–Kier alpha value is -2.27. The normalized spacial score (nSPS) is 12.8. The van der Waals surface area contributed by atoms with E-state index in [1.807, 2.05) is 49.4 Å². The van der Waals surface area contributed by atoms with E-state index in [9.17, 15) is 9.59 Å². The van der Waals surface area contributed by atoms with Crippen LogP contribution >= 0.6 is 11.8 Å². The molecule has 0 saturated heterocycles. The number of hydrogen-bond donors (Lipinski definition) is 1. The Kier molecular flexibility index (Phi) is 4.90. The average Bonchev–Trinajstić information content (AvgIpc) is 2.97. The van der Waals surface area contributed by atoms with E-state index in [0.717, 1.165) is 28.3 Å². The summed E-state index contributed by atoms with van der Waals surface area (Å²) in [6, 6.07) is 13.9. The number of carbonyl (C=O) groups is 2. The van der Waals surface area contributed by atoms with Crippen LogP contribution in [0.5, 0.6) is 0 Å². The quantitative estimate of drug-likeness (QED) is 0.865. The fourth-order valence-corrected chi connectivity index (χ4v) is 3.49. The predicted octanol–water partition coefficient (Wildman–Crippen LogP) is 3.63. The topological polar surface area (TPSA) is 49.4 Å². The molecule has 1 N–H and O–H groups in total. The van der Waals surface area contributed by atoms with Crippen molar-refractivity contribution < 1.29 is 9.59 Å². The summed E-state index contributed by atoms with van der Waals surface area (Å²) in [6.07, 6.45) is 0.830. The number of anilines is 2. The van der Waals surface area contributed by atoms with Crippen molar-refractivity contribution in [2.75, 3.05) is 22.5 Å². The molecule has 0 unspecified atom stereocenters. The number of nitrogens with zero attached hydrogens (tertiary/aromatic N) is 1. The van der Waals surface area contributed by atoms with Gasteiger partial charge in [-0.2, -0.15) is 0 Å². The molecule has 1 aliphatic rings. The molecule has 4 nitrogen and oxygen atoms in total. The highest BCUT2D eigenvalue weighted by Gasteiger charge is 2.22. The summed E-state index contributed by atoms with van der Waals surface area (Å²) >= 11 is 1.52. The SMILES string of the molecule is CC(=O)N1CCc2cc(NC(=O)CSc3ccc(C)cc3)ccc21. The summed E-state index contributed by atoms with van der Waals surface area (Å²) in [5.74, 6) is 0.404. The van der Waals surface area contributed by atoms with Crippen molar-refractivity contribution >= 4 is 35.0 Å². The first-order valence-corrected chi connectivity index (χ1v) is 8.92. The fourth-order valence-electron chi connectivity index (χ4n) is 2.79. The van der Waals surface area contributed by atoms with Gasteiger partial charge in [-0.3, -0.25) is 9.59 Å². The predicted molar refractivity (Wildman–Crippen MR) is 98.7 cm³/mol. The van der Waals surface area contributed by atoms with Gasteiger partial charge in [-0.15, -0.1) is 11.8 Å². The Morgan fingerprint density at radius 1 is 1.17 bits per heavy atom. The third kappa shape index (κ3) is 3.79. The molecule has 3 rings (SSSR count). The lowest BCUT2D eigenvalue weighted by Crippen LogP contribution is -2.25. The molecule has 5 heteroatoms. The molecule has 0 fully saturated rings. The van der Waals surface area contributed by atoms with Crippen LogP contribution in [0.1, 0.15) is 18.1 Å². The molecule has 0 aliphatic carbocycles. The maximum Gasteiger partial charge on any atom is 0.234 e. The molecule has 0 atom stereocenters. The van der Waals surface area contributed by atoms with Crippen LogP contribution in [0.4, 0.5) is 11.4 Å². The third-order valence-electron chi connectivity index (χ3n) is 4.03. The van der Waals surface area contributed by atoms with Crippen LogP contribution < -0.4 is 10.2 Å². The van der Waals surface area contributed by atoms with Gasteiger partial charge in [0.05, 0.1) is 5.75 Å². The second kappa shape index (κ2) is 7.09. The van der Waals surface area contributed by atoms with Crippen molar-refractivity contribution in [2.45, 2.75) is 25.2 Å². The molecular weight excluding hydrogens is 320 g/mol. The first kappa shape index (κ1) is 16.6. The zero-order valence-corrected chi connectivity index (χ0v) is 14.7. The summed E-state index contributed by atoms with van der Waals surface area (Å²) < 4.78 is 0. The highest BCUT2D eigenvalue weighted by molar-refractivity contribution is 8.00. The first-order chi connectivity index (χ1) is 11.5. The zero-order chi connectivity index (χ0) is 17.1. The number of amides is 2. The van der Waals surface area contributed by atoms with Gasteiger partial charge in [0.25, 0.3) is 0 Å². The molecule has 0 spiro atoms. The minimum atomic E-state index is -0.0260. The molecule has 1 heterocycles. The smallest absolute Gasteiger partial charge is 0.234 e. The zero-order valence-electron chi connectivity index (χ0n) is 13.8. The van der Waals surface area contributed by atoms with Gasteiger partial charge in [-0.05, 0) is 49.2 Å². The molecule has 124 valence electrons. The van der Waals surface area contributed by atoms with Crippen molar-refractivity contribution in [2.24, 2.45) is 0 Å². The van der Waals surface area contributed by atoms with Gasteiger partial charge in [0.15, 0.2) is 0 Å². The first-order valence-electron chi connectivity index (χ1n) is 7.93. The van der Waals surface area contributed by atoms with E-state index in [1.165, 1.54) is 17.3 Å². The lowest BCUT2D eigenvalue weighted by molar-refractivity contribution is -0.116. The minimum absolute atomic E-state index is 0.0260. The number of thioether (sulfide) groups is 1. The molecular formula is C19H20N2O2S. The number of carbonyl (C=O) groups excluding carboxylic acids is 2. The number of aryl methyl sites for hydroxylation is 1. The van der Waals surface area contributed by atoms with E-state index < -0.39 is 0 Å². The van der Waals surface area contributed by atoms with Crippen molar-refractivity contribution in [1.82, 2.24) is 0 Å². The molecule has 0 radical (unpaired) electrons. The molecule has 0 aromatic heterocycles. The van der Waals surface area contributed by atoms with Crippen molar-refractivity contribution in [3.63, 3.8) is 0 Å². The lowest BCUT2D eigenvalue weighted by Gasteiger charge is -2.15. The number of nitrogens with one attached hydrogen (secondary N) is 1. The highest BCUT2D eigenvalue weighted by atomic mass is 32.2. The maximum absolute atomic E-state index is 12.1. The van der Waals surface area contributed by atoms with Gasteiger partial charge in [-0.1, -0.05) is 17.7 Å². The Bertz CT molecular complexity index is 771. The number of benzene rings is 2. The highest BCUT2D eigenvalue weighted by Crippen LogP contribution is 2.30. The van der Waals surface area contributed by atoms with Crippen LogP contribution in [0.25, 0.3) is 0 Å². The minimum Gasteiger partial charge on any atom is -0.325 e. The molecule has 2 aromatic carbocycles. The fraction of sp³-hybridized carbons (Fsp3) is 0.263. The summed E-state index contributed by atoms with van der Waals surface area (Å²) in [5.41, 5.74) is 4.05. The van der Waals surface area contributed by atoms with Crippen LogP contribution in [0.3, 0.4) is 0 Å². The molecule has 2 amide bonds. The van der Waals surface area contributed by atoms with Gasteiger partial charge >= 0.3 is 0 Å². The van der Waals surface area contributed by atoms with Crippen LogP contribution in [0.2, 0.25) is 0 Å². The van der Waals surface area contributed by atoms with Crippen LogP contribution in [-0.2, 0) is 16.0 Å². The Morgan fingerprint density at radius 3 is 2.62 bits per heavy atom. The van der Waals surface area contributed by atoms with Crippen LogP contribution in [0, 0.1) is 6.92 Å². The van der Waals surface area contributed by atoms with E-state index >= 15 is 0 Å². The Labute approximate surface area is 146 Å². The van der Waals surface area contributed by atoms with Gasteiger partial charge in [0, 0.05) is 29.7 Å². The average molecular weight is 340 g/mol. The monoisotopic (exact) mass is 340 g/mol. The molecule has 24 heavy (non-hydrogen) atoms. The summed E-state index contributed by atoms with van der Waals surface area (Å²) in [5, 5.41) is 2.93. The second-order valence-corrected chi connectivity index (χ2v) is 6.96. The van der Waals surface area contributed by atoms with Crippen LogP contribution in [0.15, 0.2) is 47.4 Å². The number of rotatable bonds is 4. The molecule has 0 saturated carbocycles. The Balaban J connectivity index is 1.59. The third-order valence-corrected chi connectivity index (χ3v) is 5.04. The van der Waals surface area contributed by atoms with E-state index in [4.69, 9.17) is 0 Å². The standard InChI is InChI=1S/C19H20N2O2S/c1-13-3-6-17(7-4-13)24-12-19(23)20-16-5-8-18-15(11-16)9-10-21(18)14(2)22/h3-8,11H,9-10,12H2,1-2H3,(H,20,23). The van der Waals surface area contributed by atoms with E-state index in [0.29, 0.717) is 12.3 Å². The summed E-state index contributed by atoms with van der Waals surface area (Å²) in [4.78, 5) is 26.6. The number of hydrogen-bond acceptors (Lipinski definition) is 3. The summed E-state index contributed by atoms with van der Waals surface area (Å²) in [7, 11) is 0. The van der Waals surface area contributed by atoms with Crippen molar-refractivity contribution in [1.29, 1.82) is 0 Å². The van der Waals surface area contributed by atoms with E-state index in [2.05, 4.69) is 5.32 Å². The molecule has 0 bridgehead atoms. The molecule has 2 aromatic rings. The van der Waals surface area contributed by atoms with Gasteiger partial charge in [-0.25, -0.2) is 0 Å². The van der Waals surface area contributed by atoms with E-state index in [-0.39, 0.29) is 11.8 Å². The lowest BCUT2D eigenvalue weighted by atomic mass is 10.1. The van der Waals surface area contributed by atoms with Crippen LogP contribution in [-0.4, -0.2) is 24.1 Å². The second-order valence-electron chi connectivity index (χ2n) is 5.91. The van der Waals surface area contributed by atoms with Gasteiger partial charge < -0.3 is 10.2 Å². The largest absolute Gasteiger partial charge is 0.325 e. The molecule has 1 aliphatic heterocycles. The van der Waals surface area contributed by atoms with E-state index in [1.54, 1.807) is 11.8 Å². The number of fused-ring (bicyclic) bond motifs is 1.